The number of hydrogen-bond donors (Lipinski definition) is 2. The van der Waals surface area contributed by atoms with Crippen molar-refractivity contribution in [3.05, 3.63) is 56.2 Å². The number of hydrogen-bond acceptors (Lipinski definition) is 6. The summed E-state index contributed by atoms with van der Waals surface area (Å²) in [5.74, 6) is -0.602. The molecular formula is C20H22N4O3S2. The number of nitrogens with two attached hydrogens (primary N) is 1. The smallest absolute Gasteiger partial charge is 0.318 e. The van der Waals surface area contributed by atoms with E-state index in [9.17, 15) is 14.4 Å². The Bertz CT molecular complexity index is 1130. The third-order valence-electron chi connectivity index (χ3n) is 4.49. The van der Waals surface area contributed by atoms with E-state index >= 15 is 0 Å². The van der Waals surface area contributed by atoms with Gasteiger partial charge in [-0.3, -0.25) is 19.5 Å². The first kappa shape index (κ1) is 21.1. The highest BCUT2D eigenvalue weighted by molar-refractivity contribution is 7.99. The number of thioether (sulfide) groups is 1. The highest BCUT2D eigenvalue weighted by Gasteiger charge is 2.19. The fourth-order valence-electron chi connectivity index (χ4n) is 3.01. The number of fused-ring (bicyclic) bond motifs is 1. The summed E-state index contributed by atoms with van der Waals surface area (Å²) in [5, 5.41) is 3.10. The standard InChI is InChI=1S/C20H22N4O3S2/c1-4-14-12(3)16-17(29-14)23-20(28-10-15(25)22-19(21)27)24(18(16)26)9-13-7-5-11(2)6-8-13/h5-8H,4,9-10H2,1-3H3,(H3,21,22,25,27). The number of aryl methyl sites for hydroxylation is 3. The maximum Gasteiger partial charge on any atom is 0.318 e. The number of carbonyl (C=O) groups excluding carboxylic acids is 2. The zero-order chi connectivity index (χ0) is 21.1. The fraction of sp³-hybridized carbons (Fsp3) is 0.300. The van der Waals surface area contributed by atoms with E-state index < -0.39 is 11.9 Å². The van der Waals surface area contributed by atoms with Gasteiger partial charge < -0.3 is 5.73 Å². The van der Waals surface area contributed by atoms with Gasteiger partial charge in [0.25, 0.3) is 5.56 Å². The van der Waals surface area contributed by atoms with Gasteiger partial charge in [-0.1, -0.05) is 48.5 Å². The Morgan fingerprint density at radius 1 is 1.24 bits per heavy atom. The molecule has 7 nitrogen and oxygen atoms in total. The topological polar surface area (TPSA) is 107 Å². The normalized spacial score (nSPS) is 11.0. The van der Waals surface area contributed by atoms with E-state index in [1.165, 1.54) is 11.3 Å². The maximum atomic E-state index is 13.3. The molecule has 0 unspecified atom stereocenters. The Balaban J connectivity index is 2.05. The van der Waals surface area contributed by atoms with Gasteiger partial charge in [0.1, 0.15) is 4.83 Å². The highest BCUT2D eigenvalue weighted by atomic mass is 32.2. The molecule has 0 saturated heterocycles. The number of carbonyl (C=O) groups is 2. The number of benzene rings is 1. The first-order chi connectivity index (χ1) is 13.8. The number of aromatic nitrogens is 2. The summed E-state index contributed by atoms with van der Waals surface area (Å²) in [5.41, 5.74) is 7.93. The molecule has 0 bridgehead atoms. The van der Waals surface area contributed by atoms with Gasteiger partial charge in [0.15, 0.2) is 5.16 Å². The molecule has 1 aromatic carbocycles. The van der Waals surface area contributed by atoms with E-state index in [4.69, 9.17) is 5.73 Å². The van der Waals surface area contributed by atoms with Crippen LogP contribution in [0.2, 0.25) is 0 Å². The van der Waals surface area contributed by atoms with E-state index in [0.29, 0.717) is 21.9 Å². The molecule has 29 heavy (non-hydrogen) atoms. The van der Waals surface area contributed by atoms with Crippen molar-refractivity contribution < 1.29 is 9.59 Å². The Labute approximate surface area is 176 Å². The quantitative estimate of drug-likeness (QED) is 0.462. The lowest BCUT2D eigenvalue weighted by Gasteiger charge is -2.12. The average molecular weight is 431 g/mol. The number of nitrogens with one attached hydrogen (secondary N) is 1. The van der Waals surface area contributed by atoms with Crippen LogP contribution >= 0.6 is 23.1 Å². The molecule has 0 radical (unpaired) electrons. The van der Waals surface area contributed by atoms with Gasteiger partial charge in [-0.25, -0.2) is 9.78 Å². The fourth-order valence-corrected chi connectivity index (χ4v) is 4.97. The van der Waals surface area contributed by atoms with Gasteiger partial charge in [-0.05, 0) is 31.4 Å². The molecule has 3 rings (SSSR count). The molecule has 0 aliphatic carbocycles. The largest absolute Gasteiger partial charge is 0.351 e. The summed E-state index contributed by atoms with van der Waals surface area (Å²) in [6.07, 6.45) is 0.827. The van der Waals surface area contributed by atoms with E-state index in [-0.39, 0.29) is 11.3 Å². The number of rotatable bonds is 6. The molecule has 2 heterocycles. The van der Waals surface area contributed by atoms with Crippen LogP contribution < -0.4 is 16.6 Å². The van der Waals surface area contributed by atoms with Gasteiger partial charge in [-0.2, -0.15) is 0 Å². The molecule has 0 saturated carbocycles. The SMILES string of the molecule is CCc1sc2nc(SCC(=O)NC(N)=O)n(Cc3ccc(C)cc3)c(=O)c2c1C. The van der Waals surface area contributed by atoms with Crippen molar-refractivity contribution in [2.45, 2.75) is 38.9 Å². The molecule has 3 N–H and O–H groups in total. The zero-order valence-electron chi connectivity index (χ0n) is 16.4. The van der Waals surface area contributed by atoms with Crippen LogP contribution in [0.1, 0.15) is 28.5 Å². The van der Waals surface area contributed by atoms with Crippen molar-refractivity contribution in [1.82, 2.24) is 14.9 Å². The first-order valence-corrected chi connectivity index (χ1v) is 10.9. The number of urea groups is 1. The van der Waals surface area contributed by atoms with Crippen LogP contribution in [0, 0.1) is 13.8 Å². The second-order valence-electron chi connectivity index (χ2n) is 6.66. The molecule has 0 aliphatic heterocycles. The molecule has 0 aliphatic rings. The minimum atomic E-state index is -0.905. The molecule has 152 valence electrons. The van der Waals surface area contributed by atoms with E-state index in [1.807, 2.05) is 50.4 Å². The van der Waals surface area contributed by atoms with Crippen LogP contribution in [0.5, 0.6) is 0 Å². The van der Waals surface area contributed by atoms with Crippen molar-refractivity contribution in [3.63, 3.8) is 0 Å². The van der Waals surface area contributed by atoms with E-state index in [0.717, 1.165) is 39.8 Å². The Kier molecular flexibility index (Phi) is 6.39. The molecular weight excluding hydrogens is 408 g/mol. The van der Waals surface area contributed by atoms with E-state index in [2.05, 4.69) is 4.98 Å². The summed E-state index contributed by atoms with van der Waals surface area (Å²) >= 11 is 2.61. The molecule has 3 aromatic rings. The number of nitrogens with zero attached hydrogens (tertiary/aromatic N) is 2. The summed E-state index contributed by atoms with van der Waals surface area (Å²) < 4.78 is 1.59. The van der Waals surface area contributed by atoms with Crippen LogP contribution in [0.15, 0.2) is 34.2 Å². The second kappa shape index (κ2) is 8.79. The van der Waals surface area contributed by atoms with Crippen LogP contribution in [0.3, 0.4) is 0 Å². The van der Waals surface area contributed by atoms with Gasteiger partial charge in [0.2, 0.25) is 5.91 Å². The summed E-state index contributed by atoms with van der Waals surface area (Å²) in [6, 6.07) is 7.02. The molecule has 3 amide bonds. The number of primary amides is 1. The minimum Gasteiger partial charge on any atom is -0.351 e. The van der Waals surface area contributed by atoms with Crippen molar-refractivity contribution >= 4 is 45.3 Å². The third kappa shape index (κ3) is 4.68. The first-order valence-electron chi connectivity index (χ1n) is 9.10. The maximum absolute atomic E-state index is 13.3. The Hall–Kier alpha value is -2.65. The predicted octanol–water partition coefficient (Wildman–Crippen LogP) is 2.97. The molecule has 0 spiro atoms. The number of imide groups is 1. The molecule has 0 atom stereocenters. The molecule has 2 aromatic heterocycles. The Morgan fingerprint density at radius 3 is 2.55 bits per heavy atom. The lowest BCUT2D eigenvalue weighted by molar-refractivity contribution is -0.117. The summed E-state index contributed by atoms with van der Waals surface area (Å²) in [6.45, 7) is 6.35. The van der Waals surface area contributed by atoms with Crippen molar-refractivity contribution in [3.8, 4) is 0 Å². The van der Waals surface area contributed by atoms with Crippen LogP contribution in [-0.2, 0) is 17.8 Å². The van der Waals surface area contributed by atoms with Crippen molar-refractivity contribution in [1.29, 1.82) is 0 Å². The van der Waals surface area contributed by atoms with Gasteiger partial charge >= 0.3 is 6.03 Å². The number of amides is 3. The Morgan fingerprint density at radius 2 is 1.93 bits per heavy atom. The second-order valence-corrected chi connectivity index (χ2v) is 8.68. The zero-order valence-corrected chi connectivity index (χ0v) is 18.1. The summed E-state index contributed by atoms with van der Waals surface area (Å²) in [4.78, 5) is 42.5. The molecule has 9 heteroatoms. The third-order valence-corrected chi connectivity index (χ3v) is 6.80. The highest BCUT2D eigenvalue weighted by Crippen LogP contribution is 2.29. The average Bonchev–Trinajstić information content (AvgIpc) is 2.99. The number of thiophene rings is 1. The lowest BCUT2D eigenvalue weighted by Crippen LogP contribution is -2.36. The van der Waals surface area contributed by atoms with Gasteiger partial charge in [-0.15, -0.1) is 11.3 Å². The summed E-state index contributed by atoms with van der Waals surface area (Å²) in [7, 11) is 0. The van der Waals surface area contributed by atoms with E-state index in [1.54, 1.807) is 4.57 Å². The van der Waals surface area contributed by atoms with Gasteiger partial charge in [0.05, 0.1) is 17.7 Å². The van der Waals surface area contributed by atoms with Crippen LogP contribution in [-0.4, -0.2) is 27.2 Å². The monoisotopic (exact) mass is 430 g/mol. The minimum absolute atomic E-state index is 0.0697. The molecule has 0 fully saturated rings. The predicted molar refractivity (Wildman–Crippen MR) is 117 cm³/mol. The van der Waals surface area contributed by atoms with Crippen molar-refractivity contribution in [2.75, 3.05) is 5.75 Å². The lowest BCUT2D eigenvalue weighted by atomic mass is 10.1. The van der Waals surface area contributed by atoms with Gasteiger partial charge in [0, 0.05) is 4.88 Å². The van der Waals surface area contributed by atoms with Crippen molar-refractivity contribution in [2.24, 2.45) is 5.73 Å². The van der Waals surface area contributed by atoms with Crippen LogP contribution in [0.4, 0.5) is 4.79 Å². The van der Waals surface area contributed by atoms with Crippen LogP contribution in [0.25, 0.3) is 10.2 Å².